The third-order valence-electron chi connectivity index (χ3n) is 21.0. The van der Waals surface area contributed by atoms with Crippen LogP contribution < -0.4 is 37.6 Å². The number of nitrogens with zero attached hydrogens (tertiary/aromatic N) is 3. The summed E-state index contributed by atoms with van der Waals surface area (Å²) in [4.78, 5) is 172. The smallest absolute Gasteiger partial charge is 0.408 e. The monoisotopic (exact) mass is 1550 g/mol. The number of Topliss-reactive ketones (excluding diaryl/α,β-unsaturated/α-hetero) is 4. The Labute approximate surface area is 657 Å². The Kier molecular flexibility index (Phi) is 39.0. The van der Waals surface area contributed by atoms with Crippen LogP contribution in [-0.4, -0.2) is 181 Å². The van der Waals surface area contributed by atoms with Gasteiger partial charge in [0.2, 0.25) is 29.5 Å². The van der Waals surface area contributed by atoms with Gasteiger partial charge in [0.1, 0.15) is 12.4 Å². The van der Waals surface area contributed by atoms with Crippen LogP contribution in [-0.2, 0) is 79.9 Å². The van der Waals surface area contributed by atoms with Crippen LogP contribution in [0.1, 0.15) is 222 Å². The molecule has 1 aliphatic heterocycles. The topological polar surface area (TPSA) is 359 Å². The first kappa shape index (κ1) is 94.4. The summed E-state index contributed by atoms with van der Waals surface area (Å²) in [5.41, 5.74) is 4.85. The lowest BCUT2D eigenvalue weighted by Gasteiger charge is -2.41. The summed E-state index contributed by atoms with van der Waals surface area (Å²) in [7, 11) is 6.00. The lowest BCUT2D eigenvalue weighted by Crippen LogP contribution is -2.55. The molecule has 1 saturated heterocycles. The van der Waals surface area contributed by atoms with Gasteiger partial charge in [0, 0.05) is 124 Å². The fraction of sp³-hybridized carbons (Fsp3) is 0.675. The van der Waals surface area contributed by atoms with Crippen molar-refractivity contribution < 1.29 is 76.5 Å². The van der Waals surface area contributed by atoms with E-state index in [9.17, 15) is 57.5 Å². The molecule has 1 fully saturated rings. The molecular formula is C83H130N10O16S. The van der Waals surface area contributed by atoms with E-state index in [0.29, 0.717) is 62.9 Å². The first-order valence-corrected chi connectivity index (χ1v) is 40.0. The molecule has 0 aliphatic carbocycles. The number of esters is 1. The summed E-state index contributed by atoms with van der Waals surface area (Å²) in [6.07, 6.45) is 3.62. The maximum Gasteiger partial charge on any atom is 0.408 e. The van der Waals surface area contributed by atoms with E-state index in [-0.39, 0.29) is 130 Å². The minimum absolute atomic E-state index is 0.0142. The van der Waals surface area contributed by atoms with E-state index in [4.69, 9.17) is 24.7 Å². The molecule has 110 heavy (non-hydrogen) atoms. The zero-order valence-corrected chi connectivity index (χ0v) is 69.8. The highest BCUT2D eigenvalue weighted by atomic mass is 32.1. The van der Waals surface area contributed by atoms with Crippen molar-refractivity contribution in [2.75, 3.05) is 53.3 Å². The van der Waals surface area contributed by atoms with Gasteiger partial charge in [-0.15, -0.1) is 11.3 Å². The van der Waals surface area contributed by atoms with Crippen LogP contribution in [0.5, 0.6) is 0 Å². The number of alkyl carbamates (subject to hydrolysis) is 1. The van der Waals surface area contributed by atoms with E-state index in [1.54, 1.807) is 63.4 Å². The van der Waals surface area contributed by atoms with Crippen molar-refractivity contribution in [1.82, 2.24) is 41.4 Å². The Bertz CT molecular complexity index is 3470. The zero-order chi connectivity index (χ0) is 82.4. The standard InChI is InChI=1S/C83H130N10O16S/c1-20-53(6)72(66(106-17)49-69(98)93-42-27-32-63(93)73(108-19)54(7)64(94)46-59(77-86-41-43-110-77)44-55-28-22-21-23-29-55)92(16)78(103)61(51(2)3)48-67(96)83(14,15)91-80(105)109-50-56-33-35-60(36-34-56)88-75(101)57(31-26-40-87-79(84)104)45-65(95)71(52(4)5)89-76(102)58(47-70(99)107-18)30-24-25-39-85-68(97)38-37-62(90-82(11,12)13)74(100)81(8,9)10/h21-23,28-29,33-36,41,43,51-54,57-59,61-63,66,71-73,90H,20,24-27,30-32,37-40,42,44-50H2,1-19H3,(H,85,97)(H,88,101)(H,89,102)(H,91,105)(H3,84,87,104)/t53-,54-,57+,58+,59+,61-,62+,63-,66+,71-,72-,73+/m0/s1. The van der Waals surface area contributed by atoms with Gasteiger partial charge in [-0.1, -0.05) is 125 Å². The van der Waals surface area contributed by atoms with Gasteiger partial charge >= 0.3 is 18.1 Å². The SMILES string of the molecule is CC[C@H](C)[C@@H]([C@@H](CC(=O)N1CCC[C@H]1[C@H](OC)[C@@H](C)C(=O)C[C@@H](Cc1ccccc1)c1nccs1)OC)N(C)C(=O)[C@@H](CC(=O)C(C)(C)NC(=O)OCc1ccc(NC(=O)[C@H](CCCNC(N)=O)CC(=O)[C@@H](NC(=O)[C@H](CCCCNC(=O)CC[C@@H](NC(C)(C)C)C(=O)C(C)(C)C)CC(=O)OC)C(C)C)cc1)C(C)C. The Balaban J connectivity index is 1.36. The molecule has 0 spiro atoms. The molecule has 1 aliphatic rings. The number of benzene rings is 2. The van der Waals surface area contributed by atoms with Crippen molar-refractivity contribution in [3.05, 3.63) is 82.3 Å². The van der Waals surface area contributed by atoms with Crippen LogP contribution in [0.4, 0.5) is 15.3 Å². The van der Waals surface area contributed by atoms with Gasteiger partial charge < -0.3 is 66.4 Å². The highest BCUT2D eigenvalue weighted by molar-refractivity contribution is 7.09. The van der Waals surface area contributed by atoms with Crippen molar-refractivity contribution in [2.45, 2.75) is 267 Å². The largest absolute Gasteiger partial charge is 0.469 e. The molecule has 12 atom stereocenters. The Morgan fingerprint density at radius 2 is 1.36 bits per heavy atom. The predicted octanol–water partition coefficient (Wildman–Crippen LogP) is 11.0. The van der Waals surface area contributed by atoms with Gasteiger partial charge in [-0.25, -0.2) is 14.6 Å². The van der Waals surface area contributed by atoms with Gasteiger partial charge in [0.25, 0.3) is 0 Å². The van der Waals surface area contributed by atoms with Crippen molar-refractivity contribution in [1.29, 1.82) is 0 Å². The number of methoxy groups -OCH3 is 3. The Morgan fingerprint density at radius 1 is 0.718 bits per heavy atom. The summed E-state index contributed by atoms with van der Waals surface area (Å²) in [6.45, 7) is 28.2. The second kappa shape index (κ2) is 45.5. The zero-order valence-electron chi connectivity index (χ0n) is 68.9. The number of anilines is 1. The van der Waals surface area contributed by atoms with Crippen LogP contribution >= 0.6 is 11.3 Å². The number of carbonyl (C=O) groups is 12. The van der Waals surface area contributed by atoms with E-state index >= 15 is 0 Å². The number of likely N-dealkylation sites (N-methyl/N-ethyl adjacent to an activating group) is 1. The van der Waals surface area contributed by atoms with Crippen LogP contribution in [0.15, 0.2) is 66.2 Å². The molecule has 614 valence electrons. The average Bonchev–Trinajstić information content (AvgIpc) is 1.50. The van der Waals surface area contributed by atoms with E-state index < -0.39 is 112 Å². The lowest BCUT2D eigenvalue weighted by molar-refractivity contribution is -0.149. The highest BCUT2D eigenvalue weighted by Gasteiger charge is 2.45. The van der Waals surface area contributed by atoms with Crippen molar-refractivity contribution in [3.63, 3.8) is 0 Å². The fourth-order valence-electron chi connectivity index (χ4n) is 14.3. The van der Waals surface area contributed by atoms with Crippen molar-refractivity contribution in [3.8, 4) is 0 Å². The maximum atomic E-state index is 14.9. The number of thiazole rings is 1. The molecule has 2 aromatic carbocycles. The summed E-state index contributed by atoms with van der Waals surface area (Å²) in [5.74, 6) is -7.46. The van der Waals surface area contributed by atoms with Crippen molar-refractivity contribution in [2.24, 2.45) is 52.6 Å². The summed E-state index contributed by atoms with van der Waals surface area (Å²) in [5, 5.41) is 19.9. The summed E-state index contributed by atoms with van der Waals surface area (Å²) >= 11 is 1.53. The number of likely N-dealkylation sites (tertiary alicyclic amines) is 1. The van der Waals surface area contributed by atoms with E-state index in [2.05, 4.69) is 49.0 Å². The highest BCUT2D eigenvalue weighted by Crippen LogP contribution is 2.35. The molecule has 4 rings (SSSR count). The van der Waals surface area contributed by atoms with E-state index in [0.717, 1.165) is 17.0 Å². The number of carbonyl (C=O) groups excluding carboxylic acids is 12. The maximum absolute atomic E-state index is 14.9. The van der Waals surface area contributed by atoms with E-state index in [1.807, 2.05) is 105 Å². The number of ether oxygens (including phenoxy) is 4. The van der Waals surface area contributed by atoms with Gasteiger partial charge in [0.15, 0.2) is 17.3 Å². The molecule has 0 unspecified atom stereocenters. The molecule has 27 heteroatoms. The number of ketones is 4. The van der Waals surface area contributed by atoms with Crippen molar-refractivity contribution >= 4 is 87.8 Å². The van der Waals surface area contributed by atoms with Gasteiger partial charge in [-0.05, 0) is 127 Å². The number of nitrogens with two attached hydrogens (primary N) is 1. The minimum Gasteiger partial charge on any atom is -0.469 e. The molecule has 0 bridgehead atoms. The van der Waals surface area contributed by atoms with Gasteiger partial charge in [0.05, 0.1) is 66.9 Å². The van der Waals surface area contributed by atoms with Crippen LogP contribution in [0.3, 0.4) is 0 Å². The molecule has 3 aromatic rings. The predicted molar refractivity (Wildman–Crippen MR) is 425 cm³/mol. The minimum atomic E-state index is -1.49. The van der Waals surface area contributed by atoms with Crippen LogP contribution in [0.25, 0.3) is 0 Å². The summed E-state index contributed by atoms with van der Waals surface area (Å²) in [6, 6.07) is 13.2. The second-order valence-electron chi connectivity index (χ2n) is 33.0. The normalized spacial score (nSPS) is 16.3. The molecule has 26 nitrogen and oxygen atoms in total. The molecule has 8 amide bonds. The molecule has 0 saturated carbocycles. The lowest BCUT2D eigenvalue weighted by atomic mass is 9.83. The van der Waals surface area contributed by atoms with Gasteiger partial charge in [-0.3, -0.25) is 47.9 Å². The first-order chi connectivity index (χ1) is 51.7. The number of amides is 8. The van der Waals surface area contributed by atoms with Crippen LogP contribution in [0, 0.1) is 46.8 Å². The molecule has 2 heterocycles. The number of rotatable bonds is 48. The van der Waals surface area contributed by atoms with Gasteiger partial charge in [-0.2, -0.15) is 0 Å². The number of unbranched alkanes of at least 4 members (excludes halogenated alkanes) is 1. The quantitative estimate of drug-likeness (QED) is 0.0204. The van der Waals surface area contributed by atoms with E-state index in [1.165, 1.54) is 39.4 Å². The number of nitrogens with one attached hydrogen (secondary N) is 6. The number of aromatic nitrogens is 1. The molecular weight excluding hydrogens is 1430 g/mol. The second-order valence-corrected chi connectivity index (χ2v) is 33.9. The summed E-state index contributed by atoms with van der Waals surface area (Å²) < 4.78 is 22.8. The third-order valence-corrected chi connectivity index (χ3v) is 21.9. The number of urea groups is 1. The fourth-order valence-corrected chi connectivity index (χ4v) is 15.0. The number of hydrogen-bond acceptors (Lipinski definition) is 19. The average molecular weight is 1560 g/mol. The third kappa shape index (κ3) is 30.9. The number of primary amides is 1. The molecule has 1 aromatic heterocycles. The van der Waals surface area contributed by atoms with Crippen LogP contribution in [0.2, 0.25) is 0 Å². The molecule has 0 radical (unpaired) electrons. The molecule has 8 N–H and O–H groups in total. The number of hydrogen-bond donors (Lipinski definition) is 7. The Morgan fingerprint density at radius 3 is 1.94 bits per heavy atom. The Hall–Kier alpha value is -8.01. The first-order valence-electron chi connectivity index (χ1n) is 39.1.